The highest BCUT2D eigenvalue weighted by molar-refractivity contribution is 8.03. The van der Waals surface area contributed by atoms with Crippen molar-refractivity contribution in [3.05, 3.63) is 23.8 Å². The van der Waals surface area contributed by atoms with Crippen LogP contribution in [0.15, 0.2) is 23.8 Å². The maximum Gasteiger partial charge on any atom is 0.272 e. The van der Waals surface area contributed by atoms with E-state index in [0.717, 1.165) is 5.01 Å². The number of thioether (sulfide) groups is 1. The molecule has 0 aromatic carbocycles. The van der Waals surface area contributed by atoms with Gasteiger partial charge < -0.3 is 0 Å². The van der Waals surface area contributed by atoms with Crippen LogP contribution in [0.25, 0.3) is 0 Å². The van der Waals surface area contributed by atoms with E-state index >= 15 is 0 Å². The van der Waals surface area contributed by atoms with Crippen LogP contribution in [-0.4, -0.2) is 33.0 Å². The number of Topliss-reactive ketones (excluding diaryl/α,β-unsaturated/α-hetero) is 1. The van der Waals surface area contributed by atoms with Crippen LogP contribution in [0.3, 0.4) is 0 Å². The van der Waals surface area contributed by atoms with Gasteiger partial charge in [0, 0.05) is 18.4 Å². The summed E-state index contributed by atoms with van der Waals surface area (Å²) in [7, 11) is 0. The average molecular weight is 224 g/mol. The van der Waals surface area contributed by atoms with Crippen molar-refractivity contribution in [1.29, 1.82) is 0 Å². The normalized spacial score (nSPS) is 24.5. The van der Waals surface area contributed by atoms with Gasteiger partial charge in [-0.3, -0.25) is 19.4 Å². The van der Waals surface area contributed by atoms with Crippen molar-refractivity contribution < 1.29 is 14.4 Å². The molecule has 0 saturated heterocycles. The molecule has 2 heterocycles. The molecule has 2 aliphatic rings. The fourth-order valence-corrected chi connectivity index (χ4v) is 2.21. The predicted octanol–water partition coefficient (Wildman–Crippen LogP) is 0.262. The van der Waals surface area contributed by atoms with E-state index in [4.69, 9.17) is 0 Å². The van der Waals surface area contributed by atoms with E-state index < -0.39 is 17.2 Å². The molecule has 2 amide bonds. The lowest BCUT2D eigenvalue weighted by atomic mass is 10.4. The van der Waals surface area contributed by atoms with Gasteiger partial charge in [-0.15, -0.1) is 0 Å². The van der Waals surface area contributed by atoms with Gasteiger partial charge in [-0.05, 0) is 12.3 Å². The van der Waals surface area contributed by atoms with E-state index in [1.165, 1.54) is 35.8 Å². The number of imide groups is 1. The fraction of sp³-hybridized carbons (Fsp3) is 0.222. The highest BCUT2D eigenvalue weighted by Gasteiger charge is 2.36. The molecule has 0 aromatic heterocycles. The maximum atomic E-state index is 11.4. The summed E-state index contributed by atoms with van der Waals surface area (Å²) in [6.45, 7) is 1.43. The predicted molar refractivity (Wildman–Crippen MR) is 54.0 cm³/mol. The minimum absolute atomic E-state index is 0.0995. The van der Waals surface area contributed by atoms with Crippen molar-refractivity contribution in [2.75, 3.05) is 0 Å². The molecule has 0 saturated carbocycles. The number of rotatable bonds is 2. The summed E-state index contributed by atoms with van der Waals surface area (Å²) in [6, 6.07) is 0. The first-order chi connectivity index (χ1) is 7.11. The van der Waals surface area contributed by atoms with E-state index in [-0.39, 0.29) is 5.78 Å². The lowest BCUT2D eigenvalue weighted by Crippen LogP contribution is -2.48. The van der Waals surface area contributed by atoms with E-state index in [1.54, 1.807) is 11.6 Å². The Bertz CT molecular complexity index is 384. The van der Waals surface area contributed by atoms with Gasteiger partial charge in [0.25, 0.3) is 11.8 Å². The van der Waals surface area contributed by atoms with E-state index in [9.17, 15) is 14.4 Å². The zero-order valence-corrected chi connectivity index (χ0v) is 8.73. The molecule has 0 N–H and O–H groups in total. The number of hydrazine groups is 1. The summed E-state index contributed by atoms with van der Waals surface area (Å²) in [5.74, 6) is -0.936. The minimum Gasteiger partial charge on any atom is -0.297 e. The minimum atomic E-state index is -0.516. The summed E-state index contributed by atoms with van der Waals surface area (Å²) >= 11 is 1.27. The Morgan fingerprint density at radius 1 is 1.33 bits per heavy atom. The lowest BCUT2D eigenvalue weighted by molar-refractivity contribution is -0.152. The molecule has 5 nitrogen and oxygen atoms in total. The van der Waals surface area contributed by atoms with Crippen LogP contribution in [0.2, 0.25) is 0 Å². The number of nitrogens with zero attached hydrogens (tertiary/aromatic N) is 2. The molecule has 0 radical (unpaired) electrons. The molecule has 0 aliphatic carbocycles. The molecule has 15 heavy (non-hydrogen) atoms. The lowest BCUT2D eigenvalue weighted by Gasteiger charge is -2.29. The third-order valence-corrected chi connectivity index (χ3v) is 3.11. The largest absolute Gasteiger partial charge is 0.297 e. The van der Waals surface area contributed by atoms with Crippen molar-refractivity contribution in [3.63, 3.8) is 0 Å². The van der Waals surface area contributed by atoms with Crippen molar-refractivity contribution in [2.24, 2.45) is 0 Å². The molecule has 0 bridgehead atoms. The Hall–Kier alpha value is -1.56. The van der Waals surface area contributed by atoms with Crippen molar-refractivity contribution >= 4 is 29.4 Å². The highest BCUT2D eigenvalue weighted by Crippen LogP contribution is 2.28. The smallest absolute Gasteiger partial charge is 0.272 e. The van der Waals surface area contributed by atoms with Crippen molar-refractivity contribution in [2.45, 2.75) is 12.3 Å². The summed E-state index contributed by atoms with van der Waals surface area (Å²) in [4.78, 5) is 34.0. The molecule has 2 aliphatic heterocycles. The number of carbonyl (C=O) groups excluding carboxylic acids is 3. The molecular formula is C9H8N2O3S. The molecule has 0 spiro atoms. The Morgan fingerprint density at radius 3 is 2.47 bits per heavy atom. The molecular weight excluding hydrogens is 216 g/mol. The van der Waals surface area contributed by atoms with Gasteiger partial charge in [0.05, 0.1) is 0 Å². The molecule has 1 unspecified atom stereocenters. The first kappa shape index (κ1) is 9.97. The Balaban J connectivity index is 2.23. The van der Waals surface area contributed by atoms with Crippen LogP contribution >= 0.6 is 11.8 Å². The monoisotopic (exact) mass is 224 g/mol. The summed E-state index contributed by atoms with van der Waals surface area (Å²) in [5.41, 5.74) is 0. The van der Waals surface area contributed by atoms with Crippen LogP contribution in [0, 0.1) is 0 Å². The molecule has 6 heteroatoms. The van der Waals surface area contributed by atoms with Gasteiger partial charge in [0.15, 0.2) is 11.2 Å². The Morgan fingerprint density at radius 2 is 1.93 bits per heavy atom. The number of hydrogen-bond donors (Lipinski definition) is 0. The third kappa shape index (κ3) is 1.56. The fourth-order valence-electron chi connectivity index (χ4n) is 1.39. The second-order valence-electron chi connectivity index (χ2n) is 3.09. The van der Waals surface area contributed by atoms with Gasteiger partial charge in [-0.1, -0.05) is 11.8 Å². The Labute approximate surface area is 90.4 Å². The van der Waals surface area contributed by atoms with Crippen molar-refractivity contribution in [3.8, 4) is 0 Å². The van der Waals surface area contributed by atoms with Gasteiger partial charge >= 0.3 is 0 Å². The summed E-state index contributed by atoms with van der Waals surface area (Å²) in [5, 5.41) is 3.49. The molecule has 0 aromatic rings. The maximum absolute atomic E-state index is 11.4. The number of amides is 2. The molecule has 1 atom stereocenters. The highest BCUT2D eigenvalue weighted by atomic mass is 32.2. The van der Waals surface area contributed by atoms with Gasteiger partial charge in [-0.25, -0.2) is 0 Å². The quantitative estimate of drug-likeness (QED) is 0.630. The topological polar surface area (TPSA) is 57.7 Å². The van der Waals surface area contributed by atoms with Crippen LogP contribution < -0.4 is 0 Å². The van der Waals surface area contributed by atoms with Gasteiger partial charge in [0.1, 0.15) is 0 Å². The number of ketones is 1. The molecule has 2 rings (SSSR count). The second-order valence-corrected chi connectivity index (χ2v) is 4.08. The van der Waals surface area contributed by atoms with Crippen LogP contribution in [0.1, 0.15) is 6.92 Å². The second kappa shape index (κ2) is 3.54. The Kier molecular flexibility index (Phi) is 2.36. The summed E-state index contributed by atoms with van der Waals surface area (Å²) < 4.78 is 0. The summed E-state index contributed by atoms with van der Waals surface area (Å²) in [6.07, 6.45) is 3.94. The third-order valence-electron chi connectivity index (χ3n) is 2.03. The van der Waals surface area contributed by atoms with Gasteiger partial charge in [0.2, 0.25) is 0 Å². The first-order valence-corrected chi connectivity index (χ1v) is 5.22. The van der Waals surface area contributed by atoms with E-state index in [2.05, 4.69) is 0 Å². The zero-order valence-electron chi connectivity index (χ0n) is 7.91. The number of hydrogen-bond acceptors (Lipinski definition) is 5. The standard InChI is InChI=1S/C9H8N2O3S/c1-6(12)9-10(4-5-15-9)11-7(13)2-3-8(11)14/h2-5,9H,1H3. The average Bonchev–Trinajstić information content (AvgIpc) is 2.73. The van der Waals surface area contributed by atoms with Crippen LogP contribution in [-0.2, 0) is 14.4 Å². The number of carbonyl (C=O) groups is 3. The van der Waals surface area contributed by atoms with Crippen molar-refractivity contribution in [1.82, 2.24) is 10.0 Å². The SMILES string of the molecule is CC(=O)C1SC=CN1N1C(=O)C=CC1=O. The van der Waals surface area contributed by atoms with E-state index in [0.29, 0.717) is 0 Å². The zero-order chi connectivity index (χ0) is 11.0. The van der Waals surface area contributed by atoms with E-state index in [1.807, 2.05) is 0 Å². The van der Waals surface area contributed by atoms with Gasteiger partial charge in [-0.2, -0.15) is 5.01 Å². The molecule has 78 valence electrons. The first-order valence-electron chi connectivity index (χ1n) is 4.28. The van der Waals surface area contributed by atoms with Crippen LogP contribution in [0.5, 0.6) is 0 Å². The molecule has 0 fully saturated rings. The van der Waals surface area contributed by atoms with Crippen LogP contribution in [0.4, 0.5) is 0 Å².